The first-order valence-electron chi connectivity index (χ1n) is 4.18. The second-order valence-electron chi connectivity index (χ2n) is 3.76. The van der Waals surface area contributed by atoms with Crippen LogP contribution in [0.4, 0.5) is 0 Å². The highest BCUT2D eigenvalue weighted by Gasteiger charge is 2.05. The van der Waals surface area contributed by atoms with Crippen LogP contribution in [0.2, 0.25) is 0 Å². The highest BCUT2D eigenvalue weighted by molar-refractivity contribution is 5.79. The third kappa shape index (κ3) is 5.97. The van der Waals surface area contributed by atoms with E-state index in [1.54, 1.807) is 7.05 Å². The average Bonchev–Trinajstić information content (AvgIpc) is 1.96. The summed E-state index contributed by atoms with van der Waals surface area (Å²) in [5, 5.41) is 6.17. The van der Waals surface area contributed by atoms with Crippen molar-refractivity contribution in [3.05, 3.63) is 0 Å². The van der Waals surface area contributed by atoms with Crippen LogP contribution in [-0.2, 0) is 0 Å². The highest BCUT2D eigenvalue weighted by atomic mass is 15.3. The van der Waals surface area contributed by atoms with Crippen molar-refractivity contribution >= 4 is 5.96 Å². The van der Waals surface area contributed by atoms with Crippen LogP contribution in [0.15, 0.2) is 4.99 Å². The second-order valence-corrected chi connectivity index (χ2v) is 3.76. The summed E-state index contributed by atoms with van der Waals surface area (Å²) in [4.78, 5) is 4.01. The van der Waals surface area contributed by atoms with Gasteiger partial charge in [-0.1, -0.05) is 0 Å². The number of rotatable bonds is 3. The van der Waals surface area contributed by atoms with Crippen LogP contribution in [-0.4, -0.2) is 58.8 Å². The predicted molar refractivity (Wildman–Crippen MR) is 53.3 cm³/mol. The van der Waals surface area contributed by atoms with Crippen molar-refractivity contribution in [3.63, 3.8) is 0 Å². The fourth-order valence-electron chi connectivity index (χ4n) is 0.789. The number of guanidine groups is 1. The molecule has 72 valence electrons. The maximum atomic E-state index is 4.01. The molecule has 0 rings (SSSR count). The molecule has 0 aromatic carbocycles. The summed E-state index contributed by atoms with van der Waals surface area (Å²) in [5.74, 6) is 0.850. The van der Waals surface area contributed by atoms with E-state index in [0.717, 1.165) is 23.5 Å². The minimum atomic E-state index is 0.850. The van der Waals surface area contributed by atoms with Crippen molar-refractivity contribution in [3.8, 4) is 0 Å². The quantitative estimate of drug-likeness (QED) is 0.342. The molecule has 0 bridgehead atoms. The second kappa shape index (κ2) is 4.98. The molecule has 0 aromatic rings. The lowest BCUT2D eigenvalue weighted by Crippen LogP contribution is -2.44. The maximum Gasteiger partial charge on any atom is 0.190 e. The zero-order chi connectivity index (χ0) is 9.61. The summed E-state index contributed by atoms with van der Waals surface area (Å²) in [5.41, 5.74) is 0. The summed E-state index contributed by atoms with van der Waals surface area (Å²) in [6.07, 6.45) is 0. The Kier molecular flexibility index (Phi) is 4.66. The molecule has 0 aromatic heterocycles. The predicted octanol–water partition coefficient (Wildman–Crippen LogP) is -0.513. The van der Waals surface area contributed by atoms with Gasteiger partial charge >= 0.3 is 0 Å². The van der Waals surface area contributed by atoms with Crippen LogP contribution in [0.1, 0.15) is 0 Å². The number of hydrogen-bond donors (Lipinski definition) is 2. The number of likely N-dealkylation sites (N-methyl/N-ethyl adjacent to an activating group) is 1. The van der Waals surface area contributed by atoms with Gasteiger partial charge in [0.25, 0.3) is 0 Å². The van der Waals surface area contributed by atoms with Gasteiger partial charge in [0, 0.05) is 14.1 Å². The van der Waals surface area contributed by atoms with Gasteiger partial charge in [0.05, 0.1) is 34.2 Å². The molecule has 0 spiro atoms. The smallest absolute Gasteiger partial charge is 0.190 e. The van der Waals surface area contributed by atoms with Gasteiger partial charge < -0.3 is 15.1 Å². The molecule has 12 heavy (non-hydrogen) atoms. The molecular formula is C8H21N4+. The molecule has 2 N–H and O–H groups in total. The van der Waals surface area contributed by atoms with E-state index in [1.807, 2.05) is 7.05 Å². The van der Waals surface area contributed by atoms with Crippen molar-refractivity contribution in [2.45, 2.75) is 0 Å². The Labute approximate surface area is 75.3 Å². The van der Waals surface area contributed by atoms with E-state index >= 15 is 0 Å². The lowest BCUT2D eigenvalue weighted by atomic mass is 10.5. The largest absolute Gasteiger partial charge is 0.359 e. The lowest BCUT2D eigenvalue weighted by molar-refractivity contribution is -0.869. The molecule has 0 amide bonds. The SMILES string of the molecule is C/N=C(/NC)NCC[N+](C)(C)C. The average molecular weight is 173 g/mol. The fourth-order valence-corrected chi connectivity index (χ4v) is 0.789. The minimum absolute atomic E-state index is 0.850. The number of nitrogens with zero attached hydrogens (tertiary/aromatic N) is 2. The van der Waals surface area contributed by atoms with Gasteiger partial charge in [-0.25, -0.2) is 0 Å². The molecule has 0 heterocycles. The first-order chi connectivity index (χ1) is 5.49. The molecule has 0 saturated heterocycles. The van der Waals surface area contributed by atoms with Crippen LogP contribution in [0.5, 0.6) is 0 Å². The minimum Gasteiger partial charge on any atom is -0.359 e. The Morgan fingerprint density at radius 1 is 1.33 bits per heavy atom. The Bertz CT molecular complexity index is 146. The van der Waals surface area contributed by atoms with E-state index in [1.165, 1.54) is 0 Å². The lowest BCUT2D eigenvalue weighted by Gasteiger charge is -2.24. The Balaban J connectivity index is 3.56. The summed E-state index contributed by atoms with van der Waals surface area (Å²) < 4.78 is 0.966. The van der Waals surface area contributed by atoms with Gasteiger partial charge in [-0.15, -0.1) is 0 Å². The zero-order valence-electron chi connectivity index (χ0n) is 8.81. The summed E-state index contributed by atoms with van der Waals surface area (Å²) in [7, 11) is 10.1. The zero-order valence-corrected chi connectivity index (χ0v) is 8.81. The molecule has 4 nitrogen and oxygen atoms in total. The molecule has 0 fully saturated rings. The first-order valence-corrected chi connectivity index (χ1v) is 4.18. The van der Waals surface area contributed by atoms with Gasteiger partial charge in [0.2, 0.25) is 0 Å². The number of hydrogen-bond acceptors (Lipinski definition) is 1. The van der Waals surface area contributed by atoms with Gasteiger partial charge in [-0.05, 0) is 0 Å². The van der Waals surface area contributed by atoms with Crippen molar-refractivity contribution in [2.24, 2.45) is 4.99 Å². The van der Waals surface area contributed by atoms with Crippen molar-refractivity contribution in [1.82, 2.24) is 10.6 Å². The first kappa shape index (κ1) is 11.2. The van der Waals surface area contributed by atoms with Crippen LogP contribution < -0.4 is 10.6 Å². The van der Waals surface area contributed by atoms with Crippen LogP contribution in [0.25, 0.3) is 0 Å². The molecule has 0 radical (unpaired) electrons. The molecule has 0 atom stereocenters. The van der Waals surface area contributed by atoms with E-state index in [9.17, 15) is 0 Å². The van der Waals surface area contributed by atoms with Crippen molar-refractivity contribution < 1.29 is 4.48 Å². The number of quaternary nitrogens is 1. The molecule has 0 aliphatic carbocycles. The van der Waals surface area contributed by atoms with Gasteiger partial charge in [0.15, 0.2) is 5.96 Å². The van der Waals surface area contributed by atoms with Crippen LogP contribution in [0.3, 0.4) is 0 Å². The van der Waals surface area contributed by atoms with Gasteiger partial charge in [-0.2, -0.15) is 0 Å². The van der Waals surface area contributed by atoms with E-state index in [4.69, 9.17) is 0 Å². The highest BCUT2D eigenvalue weighted by Crippen LogP contribution is 1.85. The topological polar surface area (TPSA) is 36.4 Å². The summed E-state index contributed by atoms with van der Waals surface area (Å²) in [6, 6.07) is 0. The molecular weight excluding hydrogens is 152 g/mol. The summed E-state index contributed by atoms with van der Waals surface area (Å²) >= 11 is 0. The van der Waals surface area contributed by atoms with E-state index in [-0.39, 0.29) is 0 Å². The van der Waals surface area contributed by atoms with E-state index < -0.39 is 0 Å². The Morgan fingerprint density at radius 3 is 2.25 bits per heavy atom. The molecule has 0 saturated carbocycles. The normalized spacial score (nSPS) is 12.9. The maximum absolute atomic E-state index is 4.01. The van der Waals surface area contributed by atoms with E-state index in [0.29, 0.717) is 0 Å². The van der Waals surface area contributed by atoms with Gasteiger partial charge in [-0.3, -0.25) is 4.99 Å². The molecule has 4 heteroatoms. The molecule has 0 aliphatic heterocycles. The number of nitrogens with one attached hydrogen (secondary N) is 2. The standard InChI is InChI=1S/C8H21N4/c1-9-8(10-2)11-6-7-12(3,4)5/h6-7H2,1-5H3,(H2,9,10,11)/q+1. The third-order valence-corrected chi connectivity index (χ3v) is 1.54. The number of aliphatic imine (C=N–C) groups is 1. The van der Waals surface area contributed by atoms with Gasteiger partial charge in [0.1, 0.15) is 0 Å². The van der Waals surface area contributed by atoms with Crippen molar-refractivity contribution in [1.29, 1.82) is 0 Å². The fraction of sp³-hybridized carbons (Fsp3) is 0.875. The molecule has 0 aliphatic rings. The van der Waals surface area contributed by atoms with Crippen LogP contribution >= 0.6 is 0 Å². The third-order valence-electron chi connectivity index (χ3n) is 1.54. The Morgan fingerprint density at radius 2 is 1.92 bits per heavy atom. The molecule has 0 unspecified atom stereocenters. The Hall–Kier alpha value is -0.770. The van der Waals surface area contributed by atoms with E-state index in [2.05, 4.69) is 36.8 Å². The summed E-state index contributed by atoms with van der Waals surface area (Å²) in [6.45, 7) is 2.03. The monoisotopic (exact) mass is 173 g/mol. The van der Waals surface area contributed by atoms with Crippen molar-refractivity contribution in [2.75, 3.05) is 48.3 Å². The van der Waals surface area contributed by atoms with Crippen LogP contribution in [0, 0.1) is 0 Å².